The lowest BCUT2D eigenvalue weighted by Crippen LogP contribution is -1.97. The molecule has 4 aromatic carbocycles. The van der Waals surface area contributed by atoms with Crippen molar-refractivity contribution in [1.29, 1.82) is 0 Å². The fraction of sp³-hybridized carbons (Fsp3) is 0.103. The highest BCUT2D eigenvalue weighted by atomic mass is 16.6. The predicted molar refractivity (Wildman–Crippen MR) is 146 cm³/mol. The molecule has 0 saturated heterocycles. The Kier molecular flexibility index (Phi) is 6.38. The number of hydrogen-bond donors (Lipinski definition) is 0. The number of rotatable bonds is 4. The Morgan fingerprint density at radius 3 is 1.68 bits per heavy atom. The molecule has 6 aromatic rings. The molecule has 184 valence electrons. The SMILES string of the molecule is COc1ccccc1-c1nc2ccccc2n1C.Cn1c(-c2ccccc2[N+](=O)[O-])nc2ccccc21. The number of methoxy groups -OCH3 is 1. The molecular weight excluding hydrogens is 466 g/mol. The van der Waals surface area contributed by atoms with Crippen molar-refractivity contribution in [3.63, 3.8) is 0 Å². The van der Waals surface area contributed by atoms with Crippen molar-refractivity contribution in [2.45, 2.75) is 0 Å². The van der Waals surface area contributed by atoms with Gasteiger partial charge in [0.2, 0.25) is 0 Å². The summed E-state index contributed by atoms with van der Waals surface area (Å²) in [6, 6.07) is 30.4. The van der Waals surface area contributed by atoms with Crippen molar-refractivity contribution in [2.75, 3.05) is 7.11 Å². The number of nitro benzene ring substituents is 1. The molecule has 0 saturated carbocycles. The van der Waals surface area contributed by atoms with Gasteiger partial charge in [0.25, 0.3) is 5.69 Å². The molecule has 0 aliphatic carbocycles. The summed E-state index contributed by atoms with van der Waals surface area (Å²) in [4.78, 5) is 19.9. The molecule has 0 aliphatic rings. The minimum atomic E-state index is -0.380. The van der Waals surface area contributed by atoms with Gasteiger partial charge in [0, 0.05) is 20.2 Å². The van der Waals surface area contributed by atoms with E-state index in [1.807, 2.05) is 85.4 Å². The summed E-state index contributed by atoms with van der Waals surface area (Å²) in [6.45, 7) is 0. The Labute approximate surface area is 213 Å². The Bertz CT molecular complexity index is 1730. The van der Waals surface area contributed by atoms with Crippen LogP contribution in [-0.4, -0.2) is 31.1 Å². The van der Waals surface area contributed by atoms with Crippen LogP contribution in [0.3, 0.4) is 0 Å². The van der Waals surface area contributed by atoms with Crippen molar-refractivity contribution in [2.24, 2.45) is 14.1 Å². The minimum absolute atomic E-state index is 0.0703. The van der Waals surface area contributed by atoms with E-state index in [-0.39, 0.29) is 10.6 Å². The van der Waals surface area contributed by atoms with E-state index in [0.29, 0.717) is 11.4 Å². The Morgan fingerprint density at radius 2 is 1.14 bits per heavy atom. The lowest BCUT2D eigenvalue weighted by atomic mass is 10.1. The van der Waals surface area contributed by atoms with Gasteiger partial charge in [0.15, 0.2) is 0 Å². The second kappa shape index (κ2) is 9.94. The summed E-state index contributed by atoms with van der Waals surface area (Å²) in [7, 11) is 5.57. The van der Waals surface area contributed by atoms with Crippen LogP contribution in [0.2, 0.25) is 0 Å². The van der Waals surface area contributed by atoms with Crippen LogP contribution in [0.4, 0.5) is 5.69 Å². The largest absolute Gasteiger partial charge is 0.496 e. The summed E-state index contributed by atoms with van der Waals surface area (Å²) >= 11 is 0. The number of nitrogens with zero attached hydrogens (tertiary/aromatic N) is 5. The molecule has 2 aromatic heterocycles. The average Bonchev–Trinajstić information content (AvgIpc) is 3.46. The van der Waals surface area contributed by atoms with Gasteiger partial charge in [-0.1, -0.05) is 48.5 Å². The number of imidazole rings is 2. The van der Waals surface area contributed by atoms with Crippen LogP contribution in [0.15, 0.2) is 97.1 Å². The van der Waals surface area contributed by atoms with Gasteiger partial charge in [0.1, 0.15) is 17.4 Å². The second-order valence-corrected chi connectivity index (χ2v) is 8.44. The molecule has 0 N–H and O–H groups in total. The Morgan fingerprint density at radius 1 is 0.676 bits per heavy atom. The highest BCUT2D eigenvalue weighted by Crippen LogP contribution is 2.32. The van der Waals surface area contributed by atoms with E-state index in [9.17, 15) is 10.1 Å². The van der Waals surface area contributed by atoms with Gasteiger partial charge in [-0.15, -0.1) is 0 Å². The number of hydrogen-bond acceptors (Lipinski definition) is 5. The highest BCUT2D eigenvalue weighted by molar-refractivity contribution is 5.83. The molecule has 0 unspecified atom stereocenters. The lowest BCUT2D eigenvalue weighted by Gasteiger charge is -2.07. The van der Waals surface area contributed by atoms with E-state index in [1.165, 1.54) is 6.07 Å². The molecule has 2 heterocycles. The van der Waals surface area contributed by atoms with Gasteiger partial charge >= 0.3 is 0 Å². The van der Waals surface area contributed by atoms with Crippen LogP contribution in [0.5, 0.6) is 5.75 Å². The number of benzene rings is 4. The Balaban J connectivity index is 0.000000152. The molecule has 0 bridgehead atoms. The first kappa shape index (κ1) is 23.7. The van der Waals surface area contributed by atoms with Crippen LogP contribution in [-0.2, 0) is 14.1 Å². The van der Waals surface area contributed by atoms with Gasteiger partial charge < -0.3 is 13.9 Å². The zero-order valence-electron chi connectivity index (χ0n) is 20.7. The van der Waals surface area contributed by atoms with Crippen molar-refractivity contribution in [3.8, 4) is 28.5 Å². The van der Waals surface area contributed by atoms with Crippen molar-refractivity contribution in [1.82, 2.24) is 19.1 Å². The molecule has 0 atom stereocenters. The van der Waals surface area contributed by atoms with Gasteiger partial charge in [-0.05, 0) is 42.5 Å². The van der Waals surface area contributed by atoms with Crippen LogP contribution in [0, 0.1) is 10.1 Å². The quantitative estimate of drug-likeness (QED) is 0.210. The predicted octanol–water partition coefficient (Wildman–Crippen LogP) is 6.40. The lowest BCUT2D eigenvalue weighted by molar-refractivity contribution is -0.384. The fourth-order valence-corrected chi connectivity index (χ4v) is 4.42. The monoisotopic (exact) mass is 491 g/mol. The third kappa shape index (κ3) is 4.40. The van der Waals surface area contributed by atoms with Gasteiger partial charge in [-0.25, -0.2) is 9.97 Å². The summed E-state index contributed by atoms with van der Waals surface area (Å²) in [5.74, 6) is 2.37. The van der Waals surface area contributed by atoms with Crippen LogP contribution >= 0.6 is 0 Å². The van der Waals surface area contributed by atoms with Crippen molar-refractivity contribution < 1.29 is 9.66 Å². The molecule has 0 spiro atoms. The normalized spacial score (nSPS) is 10.8. The number of ether oxygens (including phenoxy) is 1. The van der Waals surface area contributed by atoms with Crippen LogP contribution in [0.1, 0.15) is 0 Å². The molecular formula is C29H25N5O3. The van der Waals surface area contributed by atoms with E-state index in [2.05, 4.69) is 20.6 Å². The van der Waals surface area contributed by atoms with Gasteiger partial charge in [0.05, 0.1) is 45.2 Å². The third-order valence-corrected chi connectivity index (χ3v) is 6.26. The molecule has 0 aliphatic heterocycles. The second-order valence-electron chi connectivity index (χ2n) is 8.44. The Hall–Kier alpha value is -4.98. The first-order chi connectivity index (χ1) is 18.0. The zero-order valence-corrected chi connectivity index (χ0v) is 20.7. The molecule has 8 nitrogen and oxygen atoms in total. The zero-order chi connectivity index (χ0) is 25.9. The topological polar surface area (TPSA) is 88.0 Å². The molecule has 0 radical (unpaired) electrons. The smallest absolute Gasteiger partial charge is 0.280 e. The molecule has 0 fully saturated rings. The molecule has 37 heavy (non-hydrogen) atoms. The maximum atomic E-state index is 11.1. The number of nitro groups is 1. The number of aromatic nitrogens is 4. The summed E-state index contributed by atoms with van der Waals surface area (Å²) in [5.41, 5.74) is 5.53. The summed E-state index contributed by atoms with van der Waals surface area (Å²) in [6.07, 6.45) is 0. The third-order valence-electron chi connectivity index (χ3n) is 6.26. The standard InChI is InChI=1S/C15H14N2O.C14H11N3O2/c1-17-13-9-5-4-8-12(13)16-15(17)11-7-3-6-10-14(11)18-2;1-16-13-9-5-3-7-11(13)15-14(16)10-6-2-4-8-12(10)17(18)19/h3-10H,1-2H3;2-9H,1H3. The van der Waals surface area contributed by atoms with E-state index in [1.54, 1.807) is 25.3 Å². The van der Waals surface area contributed by atoms with E-state index in [4.69, 9.17) is 4.74 Å². The molecule has 6 rings (SSSR count). The summed E-state index contributed by atoms with van der Waals surface area (Å²) < 4.78 is 9.36. The summed E-state index contributed by atoms with van der Waals surface area (Å²) in [5, 5.41) is 11.1. The first-order valence-electron chi connectivity index (χ1n) is 11.7. The first-order valence-corrected chi connectivity index (χ1v) is 11.7. The number of para-hydroxylation sites is 6. The van der Waals surface area contributed by atoms with Gasteiger partial charge in [-0.2, -0.15) is 0 Å². The van der Waals surface area contributed by atoms with Crippen LogP contribution < -0.4 is 4.74 Å². The minimum Gasteiger partial charge on any atom is -0.496 e. The number of aryl methyl sites for hydroxylation is 2. The van der Waals surface area contributed by atoms with E-state index >= 15 is 0 Å². The maximum Gasteiger partial charge on any atom is 0.280 e. The van der Waals surface area contributed by atoms with Crippen molar-refractivity contribution in [3.05, 3.63) is 107 Å². The van der Waals surface area contributed by atoms with Crippen LogP contribution in [0.25, 0.3) is 44.8 Å². The number of fused-ring (bicyclic) bond motifs is 2. The highest BCUT2D eigenvalue weighted by Gasteiger charge is 2.19. The molecule has 0 amide bonds. The fourth-order valence-electron chi connectivity index (χ4n) is 4.42. The van der Waals surface area contributed by atoms with E-state index in [0.717, 1.165) is 39.2 Å². The maximum absolute atomic E-state index is 11.1. The van der Waals surface area contributed by atoms with E-state index < -0.39 is 0 Å². The van der Waals surface area contributed by atoms with Gasteiger partial charge in [-0.3, -0.25) is 10.1 Å². The average molecular weight is 492 g/mol. The van der Waals surface area contributed by atoms with Crippen molar-refractivity contribution >= 4 is 27.8 Å². The molecule has 8 heteroatoms.